The van der Waals surface area contributed by atoms with Crippen molar-refractivity contribution in [3.8, 4) is 0 Å². The first-order valence-electron chi connectivity index (χ1n) is 7.19. The number of halogens is 3. The number of hydrogen-bond donors (Lipinski definition) is 2. The number of nitrogens with one attached hydrogen (secondary N) is 2. The molecule has 0 saturated heterocycles. The third-order valence-corrected chi connectivity index (χ3v) is 4.29. The number of amides is 2. The van der Waals surface area contributed by atoms with E-state index in [1.54, 1.807) is 43.3 Å². The van der Waals surface area contributed by atoms with Crippen molar-refractivity contribution in [3.05, 3.63) is 62.5 Å². The Morgan fingerprint density at radius 1 is 1.12 bits per heavy atom. The van der Waals surface area contributed by atoms with Crippen LogP contribution in [0.2, 0.25) is 10.0 Å². The predicted molar refractivity (Wildman–Crippen MR) is 104 cm³/mol. The Bertz CT molecular complexity index is 840. The lowest BCUT2D eigenvalue weighted by molar-refractivity contribution is -0.115. The third kappa shape index (κ3) is 6.16. The fourth-order valence-corrected chi connectivity index (χ4v) is 2.59. The summed E-state index contributed by atoms with van der Waals surface area (Å²) in [5, 5.41) is 7.39. The molecule has 0 aliphatic heterocycles. The molecule has 2 aromatic rings. The van der Waals surface area contributed by atoms with Gasteiger partial charge in [0.1, 0.15) is 0 Å². The van der Waals surface area contributed by atoms with Crippen LogP contribution in [-0.2, 0) is 4.79 Å². The van der Waals surface area contributed by atoms with Gasteiger partial charge in [-0.25, -0.2) is 5.43 Å². The molecule has 2 amide bonds. The lowest BCUT2D eigenvalue weighted by Crippen LogP contribution is -2.21. The summed E-state index contributed by atoms with van der Waals surface area (Å²) in [7, 11) is 0. The van der Waals surface area contributed by atoms with Crippen molar-refractivity contribution in [1.82, 2.24) is 5.43 Å². The van der Waals surface area contributed by atoms with Crippen molar-refractivity contribution in [2.24, 2.45) is 5.10 Å². The molecule has 0 fully saturated rings. The van der Waals surface area contributed by atoms with E-state index >= 15 is 0 Å². The molecule has 0 unspecified atom stereocenters. The highest BCUT2D eigenvalue weighted by Crippen LogP contribution is 2.25. The number of rotatable bonds is 5. The zero-order chi connectivity index (χ0) is 18.4. The fraction of sp³-hybridized carbons (Fsp3) is 0.118. The standard InChI is InChI=1S/C17H14BrCl2N3O2/c1-10(22-23-17(25)11-3-2-4-12(18)8-11)7-16(24)21-13-5-6-14(19)15(20)9-13/h2-6,8-9H,7H2,1H3,(H,21,24)(H,23,25)/b22-10+. The Kier molecular flexibility index (Phi) is 6.99. The lowest BCUT2D eigenvalue weighted by atomic mass is 10.2. The highest BCUT2D eigenvalue weighted by atomic mass is 79.9. The van der Waals surface area contributed by atoms with E-state index < -0.39 is 0 Å². The van der Waals surface area contributed by atoms with Crippen LogP contribution < -0.4 is 10.7 Å². The predicted octanol–water partition coefficient (Wildman–Crippen LogP) is 4.89. The molecule has 0 spiro atoms. The summed E-state index contributed by atoms with van der Waals surface area (Å²) < 4.78 is 0.793. The molecule has 0 aliphatic carbocycles. The van der Waals surface area contributed by atoms with Gasteiger partial charge in [-0.15, -0.1) is 0 Å². The minimum absolute atomic E-state index is 0.0268. The first-order valence-corrected chi connectivity index (χ1v) is 8.74. The van der Waals surface area contributed by atoms with Crippen molar-refractivity contribution in [2.75, 3.05) is 5.32 Å². The van der Waals surface area contributed by atoms with Crippen LogP contribution in [0.25, 0.3) is 0 Å². The van der Waals surface area contributed by atoms with Gasteiger partial charge >= 0.3 is 0 Å². The molecule has 5 nitrogen and oxygen atoms in total. The maximum Gasteiger partial charge on any atom is 0.271 e. The van der Waals surface area contributed by atoms with E-state index in [0.717, 1.165) is 4.47 Å². The summed E-state index contributed by atoms with van der Waals surface area (Å²) in [5.74, 6) is -0.637. The number of nitrogens with zero attached hydrogens (tertiary/aromatic N) is 1. The van der Waals surface area contributed by atoms with Crippen LogP contribution >= 0.6 is 39.1 Å². The summed E-state index contributed by atoms with van der Waals surface area (Å²) in [6, 6.07) is 11.7. The van der Waals surface area contributed by atoms with Crippen LogP contribution in [0.4, 0.5) is 5.69 Å². The maximum absolute atomic E-state index is 12.0. The first-order chi connectivity index (χ1) is 11.8. The summed E-state index contributed by atoms with van der Waals surface area (Å²) >= 11 is 15.0. The van der Waals surface area contributed by atoms with Crippen molar-refractivity contribution in [3.63, 3.8) is 0 Å². The second-order valence-corrected chi connectivity index (χ2v) is 6.88. The molecule has 0 atom stereocenters. The van der Waals surface area contributed by atoms with Crippen molar-refractivity contribution < 1.29 is 9.59 Å². The molecule has 0 saturated carbocycles. The summed E-state index contributed by atoms with van der Waals surface area (Å²) in [6.07, 6.45) is 0.0268. The Hall–Kier alpha value is -1.89. The zero-order valence-corrected chi connectivity index (χ0v) is 16.2. The maximum atomic E-state index is 12.0. The molecule has 8 heteroatoms. The molecular weight excluding hydrogens is 429 g/mol. The number of hydrogen-bond acceptors (Lipinski definition) is 3. The van der Waals surface area contributed by atoms with Gasteiger partial charge in [0.25, 0.3) is 5.91 Å². The second-order valence-electron chi connectivity index (χ2n) is 5.15. The van der Waals surface area contributed by atoms with E-state index in [2.05, 4.69) is 31.8 Å². The molecule has 25 heavy (non-hydrogen) atoms. The number of hydrazone groups is 1. The Morgan fingerprint density at radius 2 is 1.88 bits per heavy atom. The van der Waals surface area contributed by atoms with Crippen molar-refractivity contribution in [1.29, 1.82) is 0 Å². The summed E-state index contributed by atoms with van der Waals surface area (Å²) in [5.41, 5.74) is 3.88. The van der Waals surface area contributed by atoms with Gasteiger partial charge < -0.3 is 5.32 Å². The quantitative estimate of drug-likeness (QED) is 0.511. The van der Waals surface area contributed by atoms with Gasteiger partial charge in [0, 0.05) is 21.4 Å². The van der Waals surface area contributed by atoms with E-state index in [9.17, 15) is 9.59 Å². The number of anilines is 1. The van der Waals surface area contributed by atoms with Crippen LogP contribution in [0.15, 0.2) is 52.0 Å². The van der Waals surface area contributed by atoms with Crippen molar-refractivity contribution in [2.45, 2.75) is 13.3 Å². The highest BCUT2D eigenvalue weighted by Gasteiger charge is 2.08. The van der Waals surface area contributed by atoms with Gasteiger partial charge in [0.2, 0.25) is 5.91 Å². The topological polar surface area (TPSA) is 70.6 Å². The Morgan fingerprint density at radius 3 is 2.56 bits per heavy atom. The molecule has 2 aromatic carbocycles. The molecule has 0 aliphatic rings. The number of carbonyl (C=O) groups excluding carboxylic acids is 2. The largest absolute Gasteiger partial charge is 0.326 e. The van der Waals surface area contributed by atoms with Gasteiger partial charge in [0.05, 0.1) is 16.5 Å². The first kappa shape index (κ1) is 19.4. The number of benzene rings is 2. The minimum Gasteiger partial charge on any atom is -0.326 e. The van der Waals surface area contributed by atoms with Gasteiger partial charge in [0.15, 0.2) is 0 Å². The third-order valence-electron chi connectivity index (χ3n) is 3.05. The van der Waals surface area contributed by atoms with Crippen LogP contribution in [0, 0.1) is 0 Å². The second kappa shape index (κ2) is 8.99. The molecule has 0 bridgehead atoms. The van der Waals surface area contributed by atoms with E-state index in [0.29, 0.717) is 27.0 Å². The molecule has 2 rings (SSSR count). The number of carbonyl (C=O) groups is 2. The van der Waals surface area contributed by atoms with Gasteiger partial charge in [-0.05, 0) is 43.3 Å². The van der Waals surface area contributed by atoms with Crippen molar-refractivity contribution >= 4 is 62.3 Å². The zero-order valence-electron chi connectivity index (χ0n) is 13.1. The Labute approximate surface area is 163 Å². The molecule has 130 valence electrons. The molecular formula is C17H14BrCl2N3O2. The van der Waals surface area contributed by atoms with Crippen LogP contribution in [0.1, 0.15) is 23.7 Å². The van der Waals surface area contributed by atoms with Gasteiger partial charge in [-0.3, -0.25) is 9.59 Å². The van der Waals surface area contributed by atoms with E-state index in [4.69, 9.17) is 23.2 Å². The van der Waals surface area contributed by atoms with Crippen LogP contribution in [-0.4, -0.2) is 17.5 Å². The highest BCUT2D eigenvalue weighted by molar-refractivity contribution is 9.10. The lowest BCUT2D eigenvalue weighted by Gasteiger charge is -2.07. The summed E-state index contributed by atoms with van der Waals surface area (Å²) in [6.45, 7) is 1.65. The molecule has 0 aromatic heterocycles. The van der Waals surface area contributed by atoms with Gasteiger partial charge in [-0.2, -0.15) is 5.10 Å². The van der Waals surface area contributed by atoms with Crippen LogP contribution in [0.5, 0.6) is 0 Å². The average molecular weight is 443 g/mol. The summed E-state index contributed by atoms with van der Waals surface area (Å²) in [4.78, 5) is 24.0. The average Bonchev–Trinajstić information content (AvgIpc) is 2.56. The van der Waals surface area contributed by atoms with E-state index in [1.807, 2.05) is 6.07 Å². The SMILES string of the molecule is C/C(CC(=O)Nc1ccc(Cl)c(Cl)c1)=N\NC(=O)c1cccc(Br)c1. The monoisotopic (exact) mass is 441 g/mol. The van der Waals surface area contributed by atoms with E-state index in [-0.39, 0.29) is 18.2 Å². The normalized spacial score (nSPS) is 11.1. The minimum atomic E-state index is -0.356. The smallest absolute Gasteiger partial charge is 0.271 e. The molecule has 0 heterocycles. The van der Waals surface area contributed by atoms with Gasteiger partial charge in [-0.1, -0.05) is 45.2 Å². The fourth-order valence-electron chi connectivity index (χ4n) is 1.89. The Balaban J connectivity index is 1.90. The van der Waals surface area contributed by atoms with E-state index in [1.165, 1.54) is 0 Å². The molecule has 0 radical (unpaired) electrons. The van der Waals surface area contributed by atoms with Crippen LogP contribution in [0.3, 0.4) is 0 Å². The molecule has 2 N–H and O–H groups in total.